The summed E-state index contributed by atoms with van der Waals surface area (Å²) >= 11 is 1.41. The maximum absolute atomic E-state index is 14.7. The van der Waals surface area contributed by atoms with E-state index in [1.165, 1.54) is 16.0 Å². The van der Waals surface area contributed by atoms with Gasteiger partial charge in [0.1, 0.15) is 23.2 Å². The zero-order valence-corrected chi connectivity index (χ0v) is 44.6. The largest absolute Gasteiger partial charge is 0.493 e. The molecule has 0 bridgehead atoms. The van der Waals surface area contributed by atoms with Gasteiger partial charge in [0.25, 0.3) is 5.91 Å². The molecule has 78 heavy (non-hydrogen) atoms. The first kappa shape index (κ1) is 53.6. The highest BCUT2D eigenvalue weighted by molar-refractivity contribution is 7.22. The molecule has 2 atom stereocenters. The lowest BCUT2D eigenvalue weighted by Gasteiger charge is -2.41. The van der Waals surface area contributed by atoms with Gasteiger partial charge in [-0.2, -0.15) is 18.3 Å². The molecular formula is C57H59F3N10O7S. The number of pyridine rings is 1. The second kappa shape index (κ2) is 21.9. The number of para-hydroxylation sites is 2. The molecule has 1 unspecified atom stereocenters. The van der Waals surface area contributed by atoms with Crippen LogP contribution in [0.4, 0.5) is 29.8 Å². The van der Waals surface area contributed by atoms with Crippen LogP contribution >= 0.6 is 11.3 Å². The highest BCUT2D eigenvalue weighted by atomic mass is 32.1. The first-order valence-corrected chi connectivity index (χ1v) is 26.7. The number of hydrogen-bond acceptors (Lipinski definition) is 14. The molecule has 7 aromatic rings. The minimum absolute atomic E-state index is 0.00294. The molecule has 17 nitrogen and oxygen atoms in total. The van der Waals surface area contributed by atoms with Crippen molar-refractivity contribution >= 4 is 78.7 Å². The topological polar surface area (TPSA) is 193 Å². The van der Waals surface area contributed by atoms with Crippen molar-refractivity contribution in [1.82, 2.24) is 34.9 Å². The van der Waals surface area contributed by atoms with Crippen LogP contribution in [0.1, 0.15) is 89.2 Å². The SMILES string of the molecule is Cc1c(OCCCN2CCN(CC(=O)Nc3cccc4c(C5CCC(=O)NC5=O)nn(C)c34)[C@@H](C(F)(F)F)C2)cccc1-c1ccc(N2CCc3cccc(C(=O)Nc4nc5ccccc5s4)c3C2)nc1C(=O)OC(C)(C)C. The first-order valence-electron chi connectivity index (χ1n) is 25.9. The van der Waals surface area contributed by atoms with Crippen LogP contribution in [-0.2, 0) is 39.1 Å². The van der Waals surface area contributed by atoms with Crippen molar-refractivity contribution in [2.45, 2.75) is 83.7 Å². The van der Waals surface area contributed by atoms with E-state index < -0.39 is 48.1 Å². The third kappa shape index (κ3) is 11.6. The van der Waals surface area contributed by atoms with Gasteiger partial charge in [0.15, 0.2) is 10.8 Å². The van der Waals surface area contributed by atoms with Gasteiger partial charge in [-0.3, -0.25) is 39.4 Å². The van der Waals surface area contributed by atoms with Gasteiger partial charge in [-0.05, 0) is 112 Å². The standard InChI is InChI=1S/C57H59F3N10O7S/c1-33-35(36-20-22-46(63-50(36)54(75)77-56(2,3)4)70-26-24-34-12-8-14-37(40(34)30-70)52(73)65-55-62-41-16-6-7-19-44(41)78-55)13-10-18-43(33)76-29-11-25-68-27-28-69(45(31-68)57(58,59)60)32-48(72)61-42-17-9-15-38-49(66-67(5)51(38)42)39-21-23-47(71)64-53(39)74/h6-10,12-20,22,39,45H,11,21,23-32H2,1-5H3,(H,61,72)(H,62,65,73)(H,64,71,74)/t39?,45-/m1/s1. The number of benzene rings is 4. The van der Waals surface area contributed by atoms with Gasteiger partial charge in [0.2, 0.25) is 17.7 Å². The molecule has 4 aromatic carbocycles. The number of amides is 4. The zero-order valence-electron chi connectivity index (χ0n) is 43.8. The van der Waals surface area contributed by atoms with Crippen LogP contribution in [0.15, 0.2) is 91.0 Å². The van der Waals surface area contributed by atoms with Crippen LogP contribution in [0.2, 0.25) is 0 Å². The average Bonchev–Trinajstić information content (AvgIpc) is 4.07. The monoisotopic (exact) mass is 1080 g/mol. The molecule has 3 aliphatic rings. The molecule has 21 heteroatoms. The predicted molar refractivity (Wildman–Crippen MR) is 291 cm³/mol. The Labute approximate surface area is 452 Å². The van der Waals surface area contributed by atoms with Gasteiger partial charge in [-0.15, -0.1) is 0 Å². The minimum atomic E-state index is -4.61. The highest BCUT2D eigenvalue weighted by Gasteiger charge is 2.47. The Morgan fingerprint density at radius 2 is 1.67 bits per heavy atom. The molecule has 2 fully saturated rings. The lowest BCUT2D eigenvalue weighted by molar-refractivity contribution is -0.197. The summed E-state index contributed by atoms with van der Waals surface area (Å²) in [4.78, 5) is 80.2. The maximum atomic E-state index is 14.7. The smallest absolute Gasteiger partial charge is 0.405 e. The molecule has 3 aliphatic heterocycles. The normalized spacial score (nSPS) is 17.5. The van der Waals surface area contributed by atoms with E-state index in [9.17, 15) is 37.1 Å². The van der Waals surface area contributed by atoms with E-state index in [0.717, 1.165) is 31.8 Å². The summed E-state index contributed by atoms with van der Waals surface area (Å²) in [5.74, 6) is -1.91. The number of nitrogens with zero attached hydrogens (tertiary/aromatic N) is 7. The number of thiazole rings is 1. The number of carbonyl (C=O) groups excluding carboxylic acids is 5. The summed E-state index contributed by atoms with van der Waals surface area (Å²) in [5.41, 5.74) is 5.77. The van der Waals surface area contributed by atoms with E-state index in [4.69, 9.17) is 14.5 Å². The summed E-state index contributed by atoms with van der Waals surface area (Å²) in [6.07, 6.45) is -3.12. The lowest BCUT2D eigenvalue weighted by atomic mass is 9.92. The Balaban J connectivity index is 0.782. The molecule has 0 spiro atoms. The van der Waals surface area contributed by atoms with Crippen LogP contribution in [0.3, 0.4) is 0 Å². The molecule has 6 heterocycles. The van der Waals surface area contributed by atoms with Crippen LogP contribution in [0, 0.1) is 6.92 Å². The van der Waals surface area contributed by atoms with Crippen molar-refractivity contribution in [3.8, 4) is 16.9 Å². The van der Waals surface area contributed by atoms with Gasteiger partial charge in [0, 0.05) is 69.3 Å². The van der Waals surface area contributed by atoms with Gasteiger partial charge in [-0.1, -0.05) is 59.9 Å². The van der Waals surface area contributed by atoms with E-state index in [1.807, 2.05) is 72.5 Å². The molecule has 4 amide bonds. The Bertz CT molecular complexity index is 3450. The van der Waals surface area contributed by atoms with Gasteiger partial charge >= 0.3 is 12.1 Å². The summed E-state index contributed by atoms with van der Waals surface area (Å²) in [7, 11) is 1.65. The number of nitrogens with one attached hydrogen (secondary N) is 3. The number of piperazine rings is 1. The summed E-state index contributed by atoms with van der Waals surface area (Å²) in [6, 6.07) is 25.8. The Hall–Kier alpha value is -7.75. The number of anilines is 3. The number of imide groups is 1. The van der Waals surface area contributed by atoms with Crippen molar-refractivity contribution in [1.29, 1.82) is 0 Å². The number of rotatable bonds is 14. The van der Waals surface area contributed by atoms with E-state index >= 15 is 0 Å². The fraction of sp³-hybridized carbons (Fsp3) is 0.368. The van der Waals surface area contributed by atoms with Crippen molar-refractivity contribution in [2.24, 2.45) is 7.05 Å². The molecule has 406 valence electrons. The van der Waals surface area contributed by atoms with E-state index in [0.29, 0.717) is 94.7 Å². The van der Waals surface area contributed by atoms with E-state index in [-0.39, 0.29) is 50.0 Å². The Morgan fingerprint density at radius 1 is 0.872 bits per heavy atom. The van der Waals surface area contributed by atoms with Crippen LogP contribution < -0.4 is 25.6 Å². The minimum Gasteiger partial charge on any atom is -0.493 e. The Kier molecular flexibility index (Phi) is 15.1. The van der Waals surface area contributed by atoms with E-state index in [1.54, 1.807) is 63.1 Å². The highest BCUT2D eigenvalue weighted by Crippen LogP contribution is 2.37. The molecule has 2 saturated heterocycles. The van der Waals surface area contributed by atoms with Crippen molar-refractivity contribution in [3.63, 3.8) is 0 Å². The van der Waals surface area contributed by atoms with Gasteiger partial charge < -0.3 is 24.6 Å². The quantitative estimate of drug-likeness (QED) is 0.0532. The summed E-state index contributed by atoms with van der Waals surface area (Å²) in [6.45, 7) is 8.16. The molecular weight excluding hydrogens is 1030 g/mol. The molecule has 0 radical (unpaired) electrons. The van der Waals surface area contributed by atoms with E-state index in [2.05, 4.69) is 26.0 Å². The van der Waals surface area contributed by atoms with Crippen molar-refractivity contribution in [2.75, 3.05) is 61.4 Å². The van der Waals surface area contributed by atoms with Crippen molar-refractivity contribution in [3.05, 3.63) is 125 Å². The number of halogens is 3. The fourth-order valence-corrected chi connectivity index (χ4v) is 11.4. The van der Waals surface area contributed by atoms with Gasteiger partial charge in [0.05, 0.1) is 46.2 Å². The van der Waals surface area contributed by atoms with Gasteiger partial charge in [-0.25, -0.2) is 14.8 Å². The average molecular weight is 1090 g/mol. The molecule has 10 rings (SSSR count). The number of hydrogen-bond donors (Lipinski definition) is 3. The number of ether oxygens (including phenoxy) is 2. The molecule has 3 N–H and O–H groups in total. The number of aryl methyl sites for hydroxylation is 1. The third-order valence-corrected chi connectivity index (χ3v) is 15.3. The number of carbonyl (C=O) groups is 5. The first-order chi connectivity index (χ1) is 37.3. The number of piperidine rings is 1. The lowest BCUT2D eigenvalue weighted by Crippen LogP contribution is -2.60. The predicted octanol–water partition coefficient (Wildman–Crippen LogP) is 8.80. The molecule has 0 aliphatic carbocycles. The van der Waals surface area contributed by atoms with Crippen LogP contribution in [-0.4, -0.2) is 123 Å². The second-order valence-electron chi connectivity index (χ2n) is 20.8. The number of fused-ring (bicyclic) bond motifs is 3. The molecule has 3 aromatic heterocycles. The third-order valence-electron chi connectivity index (χ3n) is 14.3. The number of esters is 1. The summed E-state index contributed by atoms with van der Waals surface area (Å²) < 4.78 is 58.8. The fourth-order valence-electron chi connectivity index (χ4n) is 10.6. The summed E-state index contributed by atoms with van der Waals surface area (Å²) in [5, 5.41) is 13.8. The number of aromatic nitrogens is 4. The number of alkyl halides is 3. The van der Waals surface area contributed by atoms with Crippen LogP contribution in [0.5, 0.6) is 5.75 Å². The Morgan fingerprint density at radius 3 is 2.45 bits per heavy atom. The van der Waals surface area contributed by atoms with Crippen molar-refractivity contribution < 1.29 is 46.6 Å². The zero-order chi connectivity index (χ0) is 55.0. The maximum Gasteiger partial charge on any atom is 0.405 e. The van der Waals surface area contributed by atoms with Crippen LogP contribution in [0.25, 0.3) is 32.2 Å². The second-order valence-corrected chi connectivity index (χ2v) is 21.9. The molecule has 0 saturated carbocycles.